The summed E-state index contributed by atoms with van der Waals surface area (Å²) in [6, 6.07) is 1.80. The van der Waals surface area contributed by atoms with Crippen LogP contribution in [-0.4, -0.2) is 16.4 Å². The minimum atomic E-state index is -1.83. The standard InChI is InChI=1S/C5H5N.CH2O3/c1-3-5(2)4-6;2-1(3)4/h3H,1-2H2;(H2,2,3,4). The van der Waals surface area contributed by atoms with Crippen molar-refractivity contribution in [3.05, 3.63) is 24.8 Å². The maximum atomic E-state index is 8.56. The molecule has 0 saturated carbocycles. The Bertz CT molecular complexity index is 174. The van der Waals surface area contributed by atoms with Crippen LogP contribution in [0.5, 0.6) is 0 Å². The van der Waals surface area contributed by atoms with Gasteiger partial charge in [-0.1, -0.05) is 19.2 Å². The molecule has 0 amide bonds. The maximum absolute atomic E-state index is 8.56. The number of carbonyl (C=O) groups is 1. The molecule has 54 valence electrons. The molecule has 10 heavy (non-hydrogen) atoms. The van der Waals surface area contributed by atoms with Gasteiger partial charge in [-0.05, 0) is 0 Å². The van der Waals surface area contributed by atoms with E-state index in [4.69, 9.17) is 20.3 Å². The zero-order valence-electron chi connectivity index (χ0n) is 5.24. The van der Waals surface area contributed by atoms with Crippen molar-refractivity contribution in [3.63, 3.8) is 0 Å². The molecule has 0 aliphatic rings. The van der Waals surface area contributed by atoms with Gasteiger partial charge >= 0.3 is 6.16 Å². The van der Waals surface area contributed by atoms with Gasteiger partial charge < -0.3 is 10.2 Å². The lowest BCUT2D eigenvalue weighted by atomic mass is 10.3. The van der Waals surface area contributed by atoms with E-state index in [9.17, 15) is 0 Å². The van der Waals surface area contributed by atoms with Crippen molar-refractivity contribution in [1.82, 2.24) is 0 Å². The third-order valence-electron chi connectivity index (χ3n) is 0.390. The van der Waals surface area contributed by atoms with E-state index >= 15 is 0 Å². The molecule has 0 fully saturated rings. The van der Waals surface area contributed by atoms with Crippen LogP contribution in [0.15, 0.2) is 24.8 Å². The molecule has 4 heteroatoms. The molecule has 0 aromatic carbocycles. The summed E-state index contributed by atoms with van der Waals surface area (Å²) < 4.78 is 0. The summed E-state index contributed by atoms with van der Waals surface area (Å²) in [5.41, 5.74) is 0.412. The second kappa shape index (κ2) is 7.24. The maximum Gasteiger partial charge on any atom is 0.503 e. The predicted octanol–water partition coefficient (Wildman–Crippen LogP) is 1.47. The van der Waals surface area contributed by atoms with Crippen LogP contribution in [0.25, 0.3) is 0 Å². The highest BCUT2D eigenvalue weighted by molar-refractivity contribution is 5.53. The Morgan fingerprint density at radius 1 is 1.60 bits per heavy atom. The summed E-state index contributed by atoms with van der Waals surface area (Å²) in [5, 5.41) is 21.9. The molecule has 0 spiro atoms. The van der Waals surface area contributed by atoms with Crippen LogP contribution in [0.2, 0.25) is 0 Å². The Hall–Kier alpha value is -1.76. The molecule has 0 heterocycles. The van der Waals surface area contributed by atoms with Crippen molar-refractivity contribution < 1.29 is 15.0 Å². The minimum Gasteiger partial charge on any atom is -0.450 e. The number of nitriles is 1. The highest BCUT2D eigenvalue weighted by Crippen LogP contribution is 1.81. The van der Waals surface area contributed by atoms with Gasteiger partial charge in [0.1, 0.15) is 0 Å². The lowest BCUT2D eigenvalue weighted by molar-refractivity contribution is 0.137. The molecule has 4 nitrogen and oxygen atoms in total. The Morgan fingerprint density at radius 2 is 1.90 bits per heavy atom. The van der Waals surface area contributed by atoms with Crippen molar-refractivity contribution >= 4 is 6.16 Å². The molecule has 0 bridgehead atoms. The highest BCUT2D eigenvalue weighted by atomic mass is 16.6. The first kappa shape index (κ1) is 11.1. The van der Waals surface area contributed by atoms with Crippen LogP contribution in [0.3, 0.4) is 0 Å². The van der Waals surface area contributed by atoms with Gasteiger partial charge in [-0.3, -0.25) is 0 Å². The summed E-state index contributed by atoms with van der Waals surface area (Å²) >= 11 is 0. The lowest BCUT2D eigenvalue weighted by Gasteiger charge is -1.68. The molecule has 0 aliphatic heterocycles. The second-order valence-corrected chi connectivity index (χ2v) is 1.12. The van der Waals surface area contributed by atoms with Crippen molar-refractivity contribution in [2.75, 3.05) is 0 Å². The molecule has 0 atom stereocenters. The third-order valence-corrected chi connectivity index (χ3v) is 0.390. The lowest BCUT2D eigenvalue weighted by Crippen LogP contribution is -1.81. The number of carboxylic acid groups (broad SMARTS) is 2. The van der Waals surface area contributed by atoms with Crippen LogP contribution >= 0.6 is 0 Å². The fourth-order valence-electron chi connectivity index (χ4n) is 0.0456. The monoisotopic (exact) mass is 141 g/mol. The zero-order valence-corrected chi connectivity index (χ0v) is 5.24. The summed E-state index contributed by atoms with van der Waals surface area (Å²) in [6.07, 6.45) is -0.417. The highest BCUT2D eigenvalue weighted by Gasteiger charge is 1.71. The molecule has 0 aromatic rings. The van der Waals surface area contributed by atoms with Crippen LogP contribution < -0.4 is 0 Å². The topological polar surface area (TPSA) is 81.3 Å². The fourth-order valence-corrected chi connectivity index (χ4v) is 0.0456. The van der Waals surface area contributed by atoms with Crippen LogP contribution in [0.1, 0.15) is 0 Å². The fraction of sp³-hybridized carbons (Fsp3) is 0. The molecule has 0 radical (unpaired) electrons. The Kier molecular flexibility index (Phi) is 8.03. The number of hydrogen-bond donors (Lipinski definition) is 2. The average Bonchev–Trinajstić information content (AvgIpc) is 1.85. The van der Waals surface area contributed by atoms with Crippen molar-refractivity contribution in [2.24, 2.45) is 0 Å². The Balaban J connectivity index is 0. The third kappa shape index (κ3) is 34.1. The number of allylic oxidation sites excluding steroid dienone is 2. The zero-order chi connectivity index (χ0) is 8.57. The molecular formula is C6H7NO3. The summed E-state index contributed by atoms with van der Waals surface area (Å²) in [7, 11) is 0. The van der Waals surface area contributed by atoms with Gasteiger partial charge in [-0.25, -0.2) is 4.79 Å². The SMILES string of the molecule is C=CC(=C)C#N.O=C(O)O. The van der Waals surface area contributed by atoms with Crippen molar-refractivity contribution in [3.8, 4) is 6.07 Å². The van der Waals surface area contributed by atoms with Crippen LogP contribution in [-0.2, 0) is 0 Å². The Labute approximate surface area is 58.3 Å². The molecule has 0 unspecified atom stereocenters. The molecule has 0 saturated heterocycles. The second-order valence-electron chi connectivity index (χ2n) is 1.12. The van der Waals surface area contributed by atoms with E-state index in [2.05, 4.69) is 13.2 Å². The van der Waals surface area contributed by atoms with Crippen molar-refractivity contribution in [1.29, 1.82) is 5.26 Å². The smallest absolute Gasteiger partial charge is 0.450 e. The first-order valence-corrected chi connectivity index (χ1v) is 2.18. The van der Waals surface area contributed by atoms with Crippen LogP contribution in [0, 0.1) is 11.3 Å². The predicted molar refractivity (Wildman–Crippen MR) is 35.6 cm³/mol. The summed E-state index contributed by atoms with van der Waals surface area (Å²) in [5.74, 6) is 0. The van der Waals surface area contributed by atoms with Gasteiger partial charge in [0.25, 0.3) is 0 Å². The van der Waals surface area contributed by atoms with E-state index in [-0.39, 0.29) is 0 Å². The van der Waals surface area contributed by atoms with Gasteiger partial charge in [0.05, 0.1) is 6.07 Å². The van der Waals surface area contributed by atoms with E-state index in [0.29, 0.717) is 5.57 Å². The van der Waals surface area contributed by atoms with Crippen molar-refractivity contribution in [2.45, 2.75) is 0 Å². The molecule has 2 N–H and O–H groups in total. The molecule has 0 aromatic heterocycles. The van der Waals surface area contributed by atoms with E-state index in [1.165, 1.54) is 6.08 Å². The van der Waals surface area contributed by atoms with E-state index in [1.807, 2.05) is 0 Å². The van der Waals surface area contributed by atoms with Gasteiger partial charge in [-0.15, -0.1) is 0 Å². The van der Waals surface area contributed by atoms with E-state index in [1.54, 1.807) is 6.07 Å². The van der Waals surface area contributed by atoms with E-state index < -0.39 is 6.16 Å². The molecule has 0 aliphatic carbocycles. The number of rotatable bonds is 1. The minimum absolute atomic E-state index is 0.412. The first-order valence-electron chi connectivity index (χ1n) is 2.18. The number of nitrogens with zero attached hydrogens (tertiary/aromatic N) is 1. The summed E-state index contributed by atoms with van der Waals surface area (Å²) in [6.45, 7) is 6.62. The largest absolute Gasteiger partial charge is 0.503 e. The van der Waals surface area contributed by atoms with Gasteiger partial charge in [0, 0.05) is 5.57 Å². The number of hydrogen-bond acceptors (Lipinski definition) is 2. The first-order chi connectivity index (χ1) is 4.54. The van der Waals surface area contributed by atoms with Gasteiger partial charge in [-0.2, -0.15) is 5.26 Å². The normalized spacial score (nSPS) is 5.90. The van der Waals surface area contributed by atoms with Gasteiger partial charge in [0.15, 0.2) is 0 Å². The quantitative estimate of drug-likeness (QED) is 0.428. The average molecular weight is 141 g/mol. The molecular weight excluding hydrogens is 134 g/mol. The Morgan fingerprint density at radius 3 is 1.90 bits per heavy atom. The molecule has 0 rings (SSSR count). The van der Waals surface area contributed by atoms with Gasteiger partial charge in [0.2, 0.25) is 0 Å². The van der Waals surface area contributed by atoms with Crippen LogP contribution in [0.4, 0.5) is 4.79 Å². The summed E-state index contributed by atoms with van der Waals surface area (Å²) in [4.78, 5) is 8.56. The van der Waals surface area contributed by atoms with E-state index in [0.717, 1.165) is 0 Å².